The molecule has 0 N–H and O–H groups in total. The van der Waals surface area contributed by atoms with Gasteiger partial charge in [-0.25, -0.2) is 0 Å². The molecule has 0 saturated heterocycles. The van der Waals surface area contributed by atoms with E-state index in [1.54, 1.807) is 0 Å². The van der Waals surface area contributed by atoms with Crippen molar-refractivity contribution in [2.45, 2.75) is 12.8 Å². The number of hydrogen-bond acceptors (Lipinski definition) is 1. The molecule has 0 saturated carbocycles. The van der Waals surface area contributed by atoms with Gasteiger partial charge in [0.1, 0.15) is 0 Å². The first-order chi connectivity index (χ1) is 6.45. The Morgan fingerprint density at radius 2 is 1.64 bits per heavy atom. The van der Waals surface area contributed by atoms with Gasteiger partial charge in [-0.15, -0.1) is 11.3 Å². The van der Waals surface area contributed by atoms with Crippen LogP contribution in [0.4, 0.5) is 0 Å². The molecule has 0 aliphatic heterocycles. The molecular weight excluding hydrogens is 215 g/mol. The van der Waals surface area contributed by atoms with Crippen molar-refractivity contribution < 1.29 is 0 Å². The van der Waals surface area contributed by atoms with Crippen molar-refractivity contribution in [3.63, 3.8) is 0 Å². The summed E-state index contributed by atoms with van der Waals surface area (Å²) in [5, 5.41) is 2.14. The van der Waals surface area contributed by atoms with E-state index in [9.17, 15) is 0 Å². The third kappa shape index (κ3) is 3.97. The van der Waals surface area contributed by atoms with Crippen LogP contribution in [0.2, 0.25) is 0 Å². The summed E-state index contributed by atoms with van der Waals surface area (Å²) in [6.45, 7) is 0. The van der Waals surface area contributed by atoms with Crippen LogP contribution in [-0.4, -0.2) is 51.4 Å². The average molecular weight is 228 g/mol. The number of benzene rings is 1. The van der Waals surface area contributed by atoms with Gasteiger partial charge in [0.15, 0.2) is 0 Å². The first-order valence-corrected chi connectivity index (χ1v) is 5.39. The Morgan fingerprint density at radius 1 is 0.857 bits per heavy atom. The van der Waals surface area contributed by atoms with Crippen molar-refractivity contribution in [3.05, 3.63) is 58.3 Å². The van der Waals surface area contributed by atoms with Gasteiger partial charge in [0, 0.05) is 4.88 Å². The van der Waals surface area contributed by atoms with Crippen LogP contribution >= 0.6 is 11.3 Å². The summed E-state index contributed by atoms with van der Waals surface area (Å²) < 4.78 is 0. The molecule has 0 unspecified atom stereocenters. The van der Waals surface area contributed by atoms with E-state index in [4.69, 9.17) is 0 Å². The molecule has 1 aromatic carbocycles. The molecule has 2 rings (SSSR count). The predicted molar refractivity (Wildman–Crippen MR) is 65.3 cm³/mol. The predicted octanol–water partition coefficient (Wildman–Crippen LogP) is 2.88. The van der Waals surface area contributed by atoms with E-state index in [0.717, 1.165) is 6.42 Å². The van der Waals surface area contributed by atoms with Gasteiger partial charge >= 0.3 is 51.4 Å². The van der Waals surface area contributed by atoms with Crippen LogP contribution < -0.4 is 0 Å². The van der Waals surface area contributed by atoms with Crippen LogP contribution in [0, 0.1) is 0 Å². The van der Waals surface area contributed by atoms with E-state index < -0.39 is 0 Å². The van der Waals surface area contributed by atoms with Gasteiger partial charge in [-0.3, -0.25) is 0 Å². The number of hydrogen-bond donors (Lipinski definition) is 0. The molecule has 14 heavy (non-hydrogen) atoms. The molecule has 0 spiro atoms. The molecule has 2 heteroatoms. The van der Waals surface area contributed by atoms with Gasteiger partial charge in [0.05, 0.1) is 0 Å². The number of thiophene rings is 1. The standard InChI is InChI=1S/C12H12S.K.H/c1-2-5-11(6-3-1)8-9-12-7-4-10-13-12;;/h1-7,10H,8-9H2;;. The van der Waals surface area contributed by atoms with E-state index in [-0.39, 0.29) is 51.4 Å². The smallest absolute Gasteiger partial charge is 0.00485 e. The Morgan fingerprint density at radius 3 is 2.29 bits per heavy atom. The number of aryl methyl sites for hydroxylation is 2. The Labute approximate surface area is 132 Å². The summed E-state index contributed by atoms with van der Waals surface area (Å²) in [4.78, 5) is 1.48. The zero-order chi connectivity index (χ0) is 8.93. The van der Waals surface area contributed by atoms with Crippen molar-refractivity contribution in [1.29, 1.82) is 0 Å². The first kappa shape index (κ1) is 12.6. The molecule has 1 heterocycles. The van der Waals surface area contributed by atoms with Crippen LogP contribution in [0.25, 0.3) is 0 Å². The molecule has 68 valence electrons. The van der Waals surface area contributed by atoms with Gasteiger partial charge in [-0.2, -0.15) is 0 Å². The topological polar surface area (TPSA) is 0 Å². The fourth-order valence-electron chi connectivity index (χ4n) is 1.37. The molecule has 0 fully saturated rings. The quantitative estimate of drug-likeness (QED) is 0.709. The molecule has 0 amide bonds. The second-order valence-electron chi connectivity index (χ2n) is 3.06. The minimum atomic E-state index is 0. The molecule has 0 nitrogen and oxygen atoms in total. The fourth-order valence-corrected chi connectivity index (χ4v) is 2.08. The Balaban J connectivity index is 0.000000980. The third-order valence-electron chi connectivity index (χ3n) is 2.08. The minimum absolute atomic E-state index is 0. The molecule has 0 atom stereocenters. The van der Waals surface area contributed by atoms with Gasteiger partial charge in [0.2, 0.25) is 0 Å². The van der Waals surface area contributed by atoms with E-state index in [1.165, 1.54) is 16.9 Å². The molecule has 0 bridgehead atoms. The molecule has 0 aliphatic carbocycles. The summed E-state index contributed by atoms with van der Waals surface area (Å²) in [5.41, 5.74) is 1.43. The van der Waals surface area contributed by atoms with Crippen molar-refractivity contribution in [3.8, 4) is 0 Å². The summed E-state index contributed by atoms with van der Waals surface area (Å²) in [6.07, 6.45) is 2.32. The van der Waals surface area contributed by atoms with Crippen molar-refractivity contribution in [1.82, 2.24) is 0 Å². The van der Waals surface area contributed by atoms with Crippen LogP contribution in [0.1, 0.15) is 10.4 Å². The summed E-state index contributed by atoms with van der Waals surface area (Å²) in [6, 6.07) is 15.0. The van der Waals surface area contributed by atoms with Gasteiger partial charge < -0.3 is 0 Å². The van der Waals surface area contributed by atoms with E-state index >= 15 is 0 Å². The van der Waals surface area contributed by atoms with Crippen molar-refractivity contribution in [2.24, 2.45) is 0 Å². The van der Waals surface area contributed by atoms with Crippen molar-refractivity contribution in [2.75, 3.05) is 0 Å². The minimum Gasteiger partial charge on any atom is -0.149 e. The average Bonchev–Trinajstić information content (AvgIpc) is 2.69. The zero-order valence-electron chi connectivity index (χ0n) is 7.44. The maximum absolute atomic E-state index is 2.20. The SMILES string of the molecule is [KH].c1ccc(CCc2cccs2)cc1. The summed E-state index contributed by atoms with van der Waals surface area (Å²) in [5.74, 6) is 0. The van der Waals surface area contributed by atoms with Crippen molar-refractivity contribution >= 4 is 62.7 Å². The maximum Gasteiger partial charge on any atom is 0.00485 e. The van der Waals surface area contributed by atoms with Crippen LogP contribution in [0.3, 0.4) is 0 Å². The second kappa shape index (κ2) is 6.93. The summed E-state index contributed by atoms with van der Waals surface area (Å²) in [7, 11) is 0. The van der Waals surface area contributed by atoms with Crippen LogP contribution in [0.5, 0.6) is 0 Å². The monoisotopic (exact) mass is 228 g/mol. The molecule has 0 radical (unpaired) electrons. The fraction of sp³-hybridized carbons (Fsp3) is 0.167. The van der Waals surface area contributed by atoms with Crippen LogP contribution in [0.15, 0.2) is 47.8 Å². The normalized spacial score (nSPS) is 9.43. The maximum atomic E-state index is 2.20. The largest absolute Gasteiger partial charge is 0.149 e. The Kier molecular flexibility index (Phi) is 6.25. The van der Waals surface area contributed by atoms with E-state index in [0.29, 0.717) is 0 Å². The van der Waals surface area contributed by atoms with E-state index in [2.05, 4.69) is 47.8 Å². The van der Waals surface area contributed by atoms with Crippen LogP contribution in [-0.2, 0) is 12.8 Å². The third-order valence-corrected chi connectivity index (χ3v) is 3.02. The van der Waals surface area contributed by atoms with E-state index in [1.807, 2.05) is 11.3 Å². The number of rotatable bonds is 3. The first-order valence-electron chi connectivity index (χ1n) is 4.51. The molecule has 0 aliphatic rings. The molecule has 2 aromatic rings. The molecular formula is C12H13KS. The molecule has 1 aromatic heterocycles. The Hall–Kier alpha value is 0.556. The van der Waals surface area contributed by atoms with Gasteiger partial charge in [-0.05, 0) is 29.9 Å². The van der Waals surface area contributed by atoms with Gasteiger partial charge in [0.25, 0.3) is 0 Å². The Bertz CT molecular complexity index is 340. The summed E-state index contributed by atoms with van der Waals surface area (Å²) >= 11 is 1.84. The zero-order valence-corrected chi connectivity index (χ0v) is 8.26. The second-order valence-corrected chi connectivity index (χ2v) is 4.10. The van der Waals surface area contributed by atoms with Gasteiger partial charge in [-0.1, -0.05) is 36.4 Å².